The van der Waals surface area contributed by atoms with Gasteiger partial charge in [-0.05, 0) is 42.8 Å². The van der Waals surface area contributed by atoms with E-state index in [0.29, 0.717) is 31.9 Å². The first-order valence-electron chi connectivity index (χ1n) is 8.56. The molecular formula is C19H23N3O3S. The zero-order valence-corrected chi connectivity index (χ0v) is 15.8. The molecule has 1 aliphatic rings. The van der Waals surface area contributed by atoms with Crippen molar-refractivity contribution in [3.05, 3.63) is 54.1 Å². The summed E-state index contributed by atoms with van der Waals surface area (Å²) >= 11 is 0. The Bertz CT molecular complexity index is 890. The predicted octanol–water partition coefficient (Wildman–Crippen LogP) is 2.46. The summed E-state index contributed by atoms with van der Waals surface area (Å²) in [5.41, 5.74) is 2.47. The fraction of sp³-hybridized carbons (Fsp3) is 0.316. The van der Waals surface area contributed by atoms with Crippen molar-refractivity contribution >= 4 is 27.3 Å². The maximum absolute atomic E-state index is 12.9. The summed E-state index contributed by atoms with van der Waals surface area (Å²) in [7, 11) is -3.54. The number of hydrogen-bond donors (Lipinski definition) is 1. The minimum absolute atomic E-state index is 0.180. The quantitative estimate of drug-likeness (QED) is 0.894. The number of anilines is 2. The Morgan fingerprint density at radius 2 is 1.65 bits per heavy atom. The third-order valence-corrected chi connectivity index (χ3v) is 6.40. The van der Waals surface area contributed by atoms with E-state index in [-0.39, 0.29) is 10.8 Å². The van der Waals surface area contributed by atoms with Crippen LogP contribution in [0.15, 0.2) is 53.4 Å². The molecule has 1 fully saturated rings. The molecule has 0 unspecified atom stereocenters. The van der Waals surface area contributed by atoms with Gasteiger partial charge in [-0.25, -0.2) is 8.42 Å². The molecule has 7 heteroatoms. The van der Waals surface area contributed by atoms with E-state index in [4.69, 9.17) is 0 Å². The number of piperazine rings is 1. The maximum Gasteiger partial charge on any atom is 0.243 e. The molecule has 6 nitrogen and oxygen atoms in total. The molecule has 1 saturated heterocycles. The van der Waals surface area contributed by atoms with Crippen LogP contribution in [0, 0.1) is 6.92 Å². The summed E-state index contributed by atoms with van der Waals surface area (Å²) in [6, 6.07) is 14.8. The average Bonchev–Trinajstić information content (AvgIpc) is 2.64. The van der Waals surface area contributed by atoms with Crippen molar-refractivity contribution in [2.24, 2.45) is 0 Å². The van der Waals surface area contributed by atoms with Gasteiger partial charge in [0.25, 0.3) is 0 Å². The van der Waals surface area contributed by atoms with Crippen LogP contribution in [0.5, 0.6) is 0 Å². The summed E-state index contributed by atoms with van der Waals surface area (Å²) in [4.78, 5) is 13.7. The van der Waals surface area contributed by atoms with Crippen molar-refractivity contribution in [3.8, 4) is 0 Å². The Morgan fingerprint density at radius 1 is 1.00 bits per heavy atom. The van der Waals surface area contributed by atoms with Gasteiger partial charge < -0.3 is 10.2 Å². The van der Waals surface area contributed by atoms with E-state index in [1.165, 1.54) is 11.2 Å². The van der Waals surface area contributed by atoms with Crippen LogP contribution >= 0.6 is 0 Å². The Hall–Kier alpha value is -2.38. The monoisotopic (exact) mass is 373 g/mol. The van der Waals surface area contributed by atoms with Crippen LogP contribution in [0.4, 0.5) is 11.4 Å². The molecule has 0 aliphatic carbocycles. The van der Waals surface area contributed by atoms with Crippen molar-refractivity contribution < 1.29 is 13.2 Å². The fourth-order valence-electron chi connectivity index (χ4n) is 3.10. The fourth-order valence-corrected chi connectivity index (χ4v) is 4.61. The summed E-state index contributed by atoms with van der Waals surface area (Å²) in [6.45, 7) is 5.43. The number of rotatable bonds is 4. The summed E-state index contributed by atoms with van der Waals surface area (Å²) in [5.74, 6) is -0.180. The van der Waals surface area contributed by atoms with Crippen LogP contribution in [0.1, 0.15) is 12.5 Å². The highest BCUT2D eigenvalue weighted by Gasteiger charge is 2.28. The molecule has 0 aromatic heterocycles. The van der Waals surface area contributed by atoms with Gasteiger partial charge in [-0.15, -0.1) is 0 Å². The van der Waals surface area contributed by atoms with E-state index >= 15 is 0 Å². The van der Waals surface area contributed by atoms with E-state index in [1.54, 1.807) is 25.1 Å². The third-order valence-electron chi connectivity index (χ3n) is 4.51. The van der Waals surface area contributed by atoms with Gasteiger partial charge in [0.05, 0.1) is 4.90 Å². The first kappa shape index (κ1) is 18.4. The van der Waals surface area contributed by atoms with Crippen molar-refractivity contribution in [2.75, 3.05) is 36.4 Å². The van der Waals surface area contributed by atoms with E-state index in [0.717, 1.165) is 11.3 Å². The molecule has 2 aromatic rings. The number of aryl methyl sites for hydroxylation is 1. The second-order valence-electron chi connectivity index (χ2n) is 6.38. The SMILES string of the molecule is CC(=O)Nc1ccc(S(=O)(=O)N2CCN(c3ccccc3)CC2)cc1C. The van der Waals surface area contributed by atoms with Crippen molar-refractivity contribution in [3.63, 3.8) is 0 Å². The summed E-state index contributed by atoms with van der Waals surface area (Å²) in [6.07, 6.45) is 0. The van der Waals surface area contributed by atoms with Gasteiger partial charge in [0.2, 0.25) is 15.9 Å². The van der Waals surface area contributed by atoms with Gasteiger partial charge in [-0.3, -0.25) is 4.79 Å². The number of benzene rings is 2. The highest BCUT2D eigenvalue weighted by atomic mass is 32.2. The minimum atomic E-state index is -3.54. The normalized spacial score (nSPS) is 15.7. The molecule has 0 radical (unpaired) electrons. The highest BCUT2D eigenvalue weighted by molar-refractivity contribution is 7.89. The predicted molar refractivity (Wildman–Crippen MR) is 103 cm³/mol. The Balaban J connectivity index is 1.73. The van der Waals surface area contributed by atoms with Crippen LogP contribution < -0.4 is 10.2 Å². The lowest BCUT2D eigenvalue weighted by Crippen LogP contribution is -2.48. The van der Waals surface area contributed by atoms with Crippen LogP contribution in [-0.2, 0) is 14.8 Å². The molecule has 0 spiro atoms. The number of carbonyl (C=O) groups is 1. The smallest absolute Gasteiger partial charge is 0.243 e. The standard InChI is InChI=1S/C19H23N3O3S/c1-15-14-18(8-9-19(15)20-16(2)23)26(24,25)22-12-10-21(11-13-22)17-6-4-3-5-7-17/h3-9,14H,10-13H2,1-2H3,(H,20,23). The van der Waals surface area contributed by atoms with E-state index < -0.39 is 10.0 Å². The van der Waals surface area contributed by atoms with Gasteiger partial charge >= 0.3 is 0 Å². The molecule has 2 aromatic carbocycles. The Kier molecular flexibility index (Phi) is 5.29. The molecule has 1 N–H and O–H groups in total. The van der Waals surface area contributed by atoms with Gasteiger partial charge in [-0.2, -0.15) is 4.31 Å². The van der Waals surface area contributed by atoms with Crippen LogP contribution in [-0.4, -0.2) is 44.8 Å². The largest absolute Gasteiger partial charge is 0.369 e. The van der Waals surface area contributed by atoms with Crippen molar-refractivity contribution in [1.29, 1.82) is 0 Å². The second kappa shape index (κ2) is 7.47. The lowest BCUT2D eigenvalue weighted by molar-refractivity contribution is -0.114. The average molecular weight is 373 g/mol. The third kappa shape index (κ3) is 3.89. The van der Waals surface area contributed by atoms with Gasteiger partial charge in [0.1, 0.15) is 0 Å². The van der Waals surface area contributed by atoms with E-state index in [1.807, 2.05) is 30.3 Å². The first-order valence-corrected chi connectivity index (χ1v) is 10.0. The number of carbonyl (C=O) groups excluding carboxylic acids is 1. The van der Waals surface area contributed by atoms with Gasteiger partial charge in [-0.1, -0.05) is 18.2 Å². The van der Waals surface area contributed by atoms with E-state index in [9.17, 15) is 13.2 Å². The number of para-hydroxylation sites is 1. The van der Waals surface area contributed by atoms with Gasteiger partial charge in [0, 0.05) is 44.5 Å². The number of nitrogens with zero attached hydrogens (tertiary/aromatic N) is 2. The highest BCUT2D eigenvalue weighted by Crippen LogP contribution is 2.24. The lowest BCUT2D eigenvalue weighted by atomic mass is 10.2. The number of hydrogen-bond acceptors (Lipinski definition) is 4. The minimum Gasteiger partial charge on any atom is -0.369 e. The summed E-state index contributed by atoms with van der Waals surface area (Å²) in [5, 5.41) is 2.70. The maximum atomic E-state index is 12.9. The number of amides is 1. The van der Waals surface area contributed by atoms with Crippen LogP contribution in [0.3, 0.4) is 0 Å². The molecule has 0 atom stereocenters. The number of sulfonamides is 1. The second-order valence-corrected chi connectivity index (χ2v) is 8.32. The Labute approximate surface area is 154 Å². The Morgan fingerprint density at radius 3 is 2.23 bits per heavy atom. The van der Waals surface area contributed by atoms with Crippen LogP contribution in [0.25, 0.3) is 0 Å². The topological polar surface area (TPSA) is 69.7 Å². The molecule has 1 heterocycles. The zero-order chi connectivity index (χ0) is 18.7. The molecule has 0 saturated carbocycles. The van der Waals surface area contributed by atoms with Crippen LogP contribution in [0.2, 0.25) is 0 Å². The van der Waals surface area contributed by atoms with Crippen molar-refractivity contribution in [2.45, 2.75) is 18.7 Å². The number of nitrogens with one attached hydrogen (secondary N) is 1. The molecule has 3 rings (SSSR count). The van der Waals surface area contributed by atoms with E-state index in [2.05, 4.69) is 10.2 Å². The molecule has 1 aliphatic heterocycles. The summed E-state index contributed by atoms with van der Waals surface area (Å²) < 4.78 is 27.4. The molecule has 138 valence electrons. The molecule has 26 heavy (non-hydrogen) atoms. The molecule has 1 amide bonds. The van der Waals surface area contributed by atoms with Crippen molar-refractivity contribution in [1.82, 2.24) is 4.31 Å². The molecule has 0 bridgehead atoms. The zero-order valence-electron chi connectivity index (χ0n) is 15.0. The molecular weight excluding hydrogens is 350 g/mol. The lowest BCUT2D eigenvalue weighted by Gasteiger charge is -2.35. The first-order chi connectivity index (χ1) is 12.4. The van der Waals surface area contributed by atoms with Gasteiger partial charge in [0.15, 0.2) is 0 Å².